The first-order chi connectivity index (χ1) is 17.3. The highest BCUT2D eigenvalue weighted by atomic mass is 16.2. The van der Waals surface area contributed by atoms with Gasteiger partial charge in [-0.25, -0.2) is 9.50 Å². The van der Waals surface area contributed by atoms with Crippen LogP contribution in [0.15, 0.2) is 54.7 Å². The van der Waals surface area contributed by atoms with E-state index in [1.54, 1.807) is 6.20 Å². The molecule has 5 rings (SSSR count). The van der Waals surface area contributed by atoms with Crippen molar-refractivity contribution in [2.75, 3.05) is 31.1 Å². The molecule has 1 saturated heterocycles. The van der Waals surface area contributed by atoms with Crippen molar-refractivity contribution in [3.05, 3.63) is 93.9 Å². The summed E-state index contributed by atoms with van der Waals surface area (Å²) in [5.74, 6) is 0.512. The zero-order valence-electron chi connectivity index (χ0n) is 22.0. The van der Waals surface area contributed by atoms with Crippen molar-refractivity contribution >= 4 is 17.2 Å². The van der Waals surface area contributed by atoms with Crippen molar-refractivity contribution in [1.29, 1.82) is 0 Å². The van der Waals surface area contributed by atoms with Crippen LogP contribution in [0.25, 0.3) is 5.65 Å². The zero-order chi connectivity index (χ0) is 25.4. The van der Waals surface area contributed by atoms with Gasteiger partial charge in [-0.3, -0.25) is 4.79 Å². The molecule has 0 radical (unpaired) electrons. The van der Waals surface area contributed by atoms with Crippen LogP contribution < -0.4 is 4.90 Å². The molecule has 0 atom stereocenters. The van der Waals surface area contributed by atoms with Gasteiger partial charge in [-0.1, -0.05) is 55.8 Å². The Bertz CT molecular complexity index is 1400. The van der Waals surface area contributed by atoms with Crippen LogP contribution in [-0.2, 0) is 6.42 Å². The van der Waals surface area contributed by atoms with Crippen molar-refractivity contribution in [2.24, 2.45) is 0 Å². The number of rotatable bonds is 5. The molecule has 0 unspecified atom stereocenters. The Labute approximate surface area is 213 Å². The maximum absolute atomic E-state index is 13.5. The molecule has 1 aliphatic heterocycles. The molecule has 0 aliphatic carbocycles. The Kier molecular flexibility index (Phi) is 6.52. The van der Waals surface area contributed by atoms with E-state index in [0.29, 0.717) is 30.2 Å². The van der Waals surface area contributed by atoms with Crippen molar-refractivity contribution in [1.82, 2.24) is 19.5 Å². The lowest BCUT2D eigenvalue weighted by Crippen LogP contribution is -2.48. The summed E-state index contributed by atoms with van der Waals surface area (Å²) in [5, 5.41) is 4.58. The third-order valence-electron chi connectivity index (χ3n) is 7.41. The van der Waals surface area contributed by atoms with Crippen molar-refractivity contribution < 1.29 is 4.79 Å². The van der Waals surface area contributed by atoms with Crippen LogP contribution >= 0.6 is 0 Å². The SMILES string of the molecule is Cc1ccc(Cc2c(C)nc3c(C(=O)N4CCN(c5cccc(C(C)C)c5)CC4)cnn3c2C)cc1. The molecule has 0 saturated carbocycles. The number of carbonyl (C=O) groups excluding carboxylic acids is 1. The van der Waals surface area contributed by atoms with E-state index in [0.717, 1.165) is 36.5 Å². The summed E-state index contributed by atoms with van der Waals surface area (Å²) in [6, 6.07) is 17.3. The minimum absolute atomic E-state index is 0.0122. The van der Waals surface area contributed by atoms with Gasteiger partial charge < -0.3 is 9.80 Å². The maximum atomic E-state index is 13.5. The first-order valence-corrected chi connectivity index (χ1v) is 12.9. The summed E-state index contributed by atoms with van der Waals surface area (Å²) < 4.78 is 1.83. The number of piperazine rings is 1. The maximum Gasteiger partial charge on any atom is 0.259 e. The fourth-order valence-electron chi connectivity index (χ4n) is 5.05. The number of hydrogen-bond acceptors (Lipinski definition) is 4. The van der Waals surface area contributed by atoms with Gasteiger partial charge in [0, 0.05) is 49.7 Å². The van der Waals surface area contributed by atoms with Gasteiger partial charge >= 0.3 is 0 Å². The van der Waals surface area contributed by atoms with Gasteiger partial charge in [-0.2, -0.15) is 5.10 Å². The van der Waals surface area contributed by atoms with Crippen LogP contribution in [0.1, 0.15) is 63.8 Å². The van der Waals surface area contributed by atoms with Crippen LogP contribution in [0.5, 0.6) is 0 Å². The second kappa shape index (κ2) is 9.76. The van der Waals surface area contributed by atoms with E-state index in [2.05, 4.69) is 86.2 Å². The molecule has 6 heteroatoms. The van der Waals surface area contributed by atoms with E-state index in [4.69, 9.17) is 4.98 Å². The van der Waals surface area contributed by atoms with Crippen molar-refractivity contribution in [2.45, 2.75) is 47.0 Å². The van der Waals surface area contributed by atoms with Crippen molar-refractivity contribution in [3.8, 4) is 0 Å². The summed E-state index contributed by atoms with van der Waals surface area (Å²) >= 11 is 0. The molecular weight excluding hydrogens is 446 g/mol. The van der Waals surface area contributed by atoms with Gasteiger partial charge in [0.25, 0.3) is 5.91 Å². The predicted molar refractivity (Wildman–Crippen MR) is 145 cm³/mol. The molecule has 6 nitrogen and oxygen atoms in total. The zero-order valence-corrected chi connectivity index (χ0v) is 22.0. The fraction of sp³-hybridized carbons (Fsp3) is 0.367. The van der Waals surface area contributed by atoms with E-state index in [-0.39, 0.29) is 5.91 Å². The topological polar surface area (TPSA) is 53.7 Å². The summed E-state index contributed by atoms with van der Waals surface area (Å²) in [4.78, 5) is 22.7. The normalized spacial score (nSPS) is 14.2. The lowest BCUT2D eigenvalue weighted by Gasteiger charge is -2.36. The largest absolute Gasteiger partial charge is 0.368 e. The van der Waals surface area contributed by atoms with Gasteiger partial charge in [0.2, 0.25) is 0 Å². The number of hydrogen-bond donors (Lipinski definition) is 0. The van der Waals surface area contributed by atoms with E-state index >= 15 is 0 Å². The quantitative estimate of drug-likeness (QED) is 0.387. The molecule has 2 aromatic heterocycles. The number of fused-ring (bicyclic) bond motifs is 1. The number of anilines is 1. The molecule has 1 amide bonds. The van der Waals surface area contributed by atoms with Gasteiger partial charge in [-0.15, -0.1) is 0 Å². The highest BCUT2D eigenvalue weighted by Crippen LogP contribution is 2.25. The molecule has 0 N–H and O–H groups in total. The molecule has 0 spiro atoms. The summed E-state index contributed by atoms with van der Waals surface area (Å²) in [7, 11) is 0. The molecule has 2 aromatic carbocycles. The third-order valence-corrected chi connectivity index (χ3v) is 7.41. The first kappa shape index (κ1) is 24.0. The first-order valence-electron chi connectivity index (χ1n) is 12.9. The monoisotopic (exact) mass is 481 g/mol. The lowest BCUT2D eigenvalue weighted by atomic mass is 10.0. The highest BCUT2D eigenvalue weighted by molar-refractivity contribution is 5.99. The molecule has 1 fully saturated rings. The summed E-state index contributed by atoms with van der Waals surface area (Å²) in [6.45, 7) is 13.6. The Hall–Kier alpha value is -3.67. The Morgan fingerprint density at radius 3 is 2.39 bits per heavy atom. The van der Waals surface area contributed by atoms with Crippen LogP contribution in [0, 0.1) is 20.8 Å². The molecule has 1 aliphatic rings. The number of benzene rings is 2. The number of carbonyl (C=O) groups is 1. The average molecular weight is 482 g/mol. The van der Waals surface area contributed by atoms with Gasteiger partial charge in [0.1, 0.15) is 5.56 Å². The number of nitrogens with zero attached hydrogens (tertiary/aromatic N) is 5. The minimum Gasteiger partial charge on any atom is -0.368 e. The van der Waals surface area contributed by atoms with E-state index in [9.17, 15) is 4.79 Å². The predicted octanol–water partition coefficient (Wildman–Crippen LogP) is 5.33. The number of amides is 1. The Morgan fingerprint density at radius 1 is 0.972 bits per heavy atom. The van der Waals surface area contributed by atoms with Crippen LogP contribution in [-0.4, -0.2) is 51.6 Å². The molecule has 36 heavy (non-hydrogen) atoms. The standard InChI is InChI=1S/C30H35N5O/c1-20(2)25-7-6-8-26(18-25)33-13-15-34(16-14-33)30(36)28-19-31-35-23(5)27(22(4)32-29(28)35)17-24-11-9-21(3)10-12-24/h6-12,18-20H,13-17H2,1-5H3. The van der Waals surface area contributed by atoms with E-state index in [1.165, 1.54) is 22.4 Å². The van der Waals surface area contributed by atoms with Gasteiger partial charge in [0.15, 0.2) is 5.65 Å². The number of aryl methyl sites for hydroxylation is 3. The Morgan fingerprint density at radius 2 is 1.69 bits per heavy atom. The smallest absolute Gasteiger partial charge is 0.259 e. The van der Waals surface area contributed by atoms with E-state index in [1.807, 2.05) is 16.3 Å². The van der Waals surface area contributed by atoms with Crippen LogP contribution in [0.3, 0.4) is 0 Å². The van der Waals surface area contributed by atoms with Crippen LogP contribution in [0.4, 0.5) is 5.69 Å². The minimum atomic E-state index is 0.0122. The molecule has 3 heterocycles. The second-order valence-corrected chi connectivity index (χ2v) is 10.2. The lowest BCUT2D eigenvalue weighted by molar-refractivity contribution is 0.0748. The Balaban J connectivity index is 1.33. The highest BCUT2D eigenvalue weighted by Gasteiger charge is 2.26. The molecule has 4 aromatic rings. The van der Waals surface area contributed by atoms with Crippen LogP contribution in [0.2, 0.25) is 0 Å². The third kappa shape index (κ3) is 4.60. The second-order valence-electron chi connectivity index (χ2n) is 10.2. The van der Waals surface area contributed by atoms with Gasteiger partial charge in [0.05, 0.1) is 6.20 Å². The fourth-order valence-corrected chi connectivity index (χ4v) is 5.05. The van der Waals surface area contributed by atoms with Gasteiger partial charge in [-0.05, 0) is 55.5 Å². The summed E-state index contributed by atoms with van der Waals surface area (Å²) in [6.07, 6.45) is 2.48. The molecule has 186 valence electrons. The molecular formula is C30H35N5O. The van der Waals surface area contributed by atoms with Crippen molar-refractivity contribution in [3.63, 3.8) is 0 Å². The summed E-state index contributed by atoms with van der Waals surface area (Å²) in [5.41, 5.74) is 9.44. The molecule has 0 bridgehead atoms. The number of aromatic nitrogens is 3. The van der Waals surface area contributed by atoms with E-state index < -0.39 is 0 Å². The average Bonchev–Trinajstić information content (AvgIpc) is 3.31.